The van der Waals surface area contributed by atoms with E-state index in [1.54, 1.807) is 12.3 Å². The van der Waals surface area contributed by atoms with Crippen LogP contribution in [-0.2, 0) is 6.54 Å². The SMILES string of the molecule is CN(Cc1ccccc1N)c1nccc(C#N)n1. The fourth-order valence-electron chi connectivity index (χ4n) is 1.60. The third-order valence-corrected chi connectivity index (χ3v) is 2.56. The molecule has 2 N–H and O–H groups in total. The van der Waals surface area contributed by atoms with E-state index < -0.39 is 0 Å². The number of hydrogen-bond donors (Lipinski definition) is 1. The fraction of sp³-hybridized carbons (Fsp3) is 0.154. The molecule has 1 aromatic heterocycles. The molecule has 1 heterocycles. The van der Waals surface area contributed by atoms with Crippen LogP contribution in [0.2, 0.25) is 0 Å². The van der Waals surface area contributed by atoms with Crippen molar-refractivity contribution >= 4 is 11.6 Å². The Morgan fingerprint density at radius 3 is 2.83 bits per heavy atom. The average Bonchev–Trinajstić information content (AvgIpc) is 2.41. The monoisotopic (exact) mass is 239 g/mol. The Balaban J connectivity index is 2.20. The zero-order valence-corrected chi connectivity index (χ0v) is 10.0. The number of rotatable bonds is 3. The Morgan fingerprint density at radius 2 is 2.11 bits per heavy atom. The molecule has 0 spiro atoms. The van der Waals surface area contributed by atoms with Crippen molar-refractivity contribution in [2.45, 2.75) is 6.54 Å². The molecule has 0 aliphatic rings. The summed E-state index contributed by atoms with van der Waals surface area (Å²) in [6.07, 6.45) is 1.58. The molecule has 2 rings (SSSR count). The first-order valence-electron chi connectivity index (χ1n) is 5.48. The summed E-state index contributed by atoms with van der Waals surface area (Å²) in [5.41, 5.74) is 7.98. The van der Waals surface area contributed by atoms with Crippen LogP contribution in [0.25, 0.3) is 0 Å². The maximum Gasteiger partial charge on any atom is 0.226 e. The second-order valence-electron chi connectivity index (χ2n) is 3.91. The van der Waals surface area contributed by atoms with Crippen LogP contribution in [0.5, 0.6) is 0 Å². The summed E-state index contributed by atoms with van der Waals surface area (Å²) >= 11 is 0. The second-order valence-corrected chi connectivity index (χ2v) is 3.91. The van der Waals surface area contributed by atoms with Gasteiger partial charge in [-0.3, -0.25) is 0 Å². The zero-order chi connectivity index (χ0) is 13.0. The fourth-order valence-corrected chi connectivity index (χ4v) is 1.60. The predicted octanol–water partition coefficient (Wildman–Crippen LogP) is 1.57. The molecule has 0 atom stereocenters. The molecule has 0 aliphatic carbocycles. The van der Waals surface area contributed by atoms with Crippen molar-refractivity contribution < 1.29 is 0 Å². The number of aromatic nitrogens is 2. The number of nitrogens with zero attached hydrogens (tertiary/aromatic N) is 4. The first-order valence-corrected chi connectivity index (χ1v) is 5.48. The van der Waals surface area contributed by atoms with Gasteiger partial charge < -0.3 is 10.6 Å². The molecule has 5 heteroatoms. The number of nitriles is 1. The molecule has 0 bridgehead atoms. The summed E-state index contributed by atoms with van der Waals surface area (Å²) in [5, 5.41) is 8.80. The van der Waals surface area contributed by atoms with E-state index in [4.69, 9.17) is 11.0 Å². The highest BCUT2D eigenvalue weighted by molar-refractivity contribution is 5.48. The highest BCUT2D eigenvalue weighted by Gasteiger charge is 2.07. The highest BCUT2D eigenvalue weighted by atomic mass is 15.2. The molecule has 0 saturated carbocycles. The second kappa shape index (κ2) is 5.15. The van der Waals surface area contributed by atoms with Crippen molar-refractivity contribution in [2.75, 3.05) is 17.7 Å². The van der Waals surface area contributed by atoms with Crippen LogP contribution in [0, 0.1) is 11.3 Å². The van der Waals surface area contributed by atoms with Crippen molar-refractivity contribution in [2.24, 2.45) is 0 Å². The number of hydrogen-bond acceptors (Lipinski definition) is 5. The van der Waals surface area contributed by atoms with Gasteiger partial charge in [0.2, 0.25) is 5.95 Å². The van der Waals surface area contributed by atoms with Crippen molar-refractivity contribution in [1.82, 2.24) is 9.97 Å². The molecular formula is C13H13N5. The minimum absolute atomic E-state index is 0.355. The van der Waals surface area contributed by atoms with E-state index in [0.29, 0.717) is 18.2 Å². The van der Waals surface area contributed by atoms with E-state index in [1.807, 2.05) is 42.3 Å². The van der Waals surface area contributed by atoms with Crippen LogP contribution in [0.4, 0.5) is 11.6 Å². The van der Waals surface area contributed by atoms with Crippen molar-refractivity contribution in [3.63, 3.8) is 0 Å². The maximum absolute atomic E-state index is 8.80. The lowest BCUT2D eigenvalue weighted by Crippen LogP contribution is -2.20. The molecule has 0 aliphatic heterocycles. The van der Waals surface area contributed by atoms with E-state index in [2.05, 4.69) is 9.97 Å². The topological polar surface area (TPSA) is 78.8 Å². The molecule has 0 amide bonds. The molecule has 5 nitrogen and oxygen atoms in total. The van der Waals surface area contributed by atoms with Crippen LogP contribution >= 0.6 is 0 Å². The summed E-state index contributed by atoms with van der Waals surface area (Å²) < 4.78 is 0. The van der Waals surface area contributed by atoms with E-state index in [9.17, 15) is 0 Å². The summed E-state index contributed by atoms with van der Waals surface area (Å²) in [4.78, 5) is 10.1. The van der Waals surface area contributed by atoms with Gasteiger partial charge in [0.25, 0.3) is 0 Å². The van der Waals surface area contributed by atoms with Crippen molar-refractivity contribution in [3.8, 4) is 6.07 Å². The minimum Gasteiger partial charge on any atom is -0.398 e. The summed E-state index contributed by atoms with van der Waals surface area (Å²) in [6.45, 7) is 0.599. The number of benzene rings is 1. The van der Waals surface area contributed by atoms with Gasteiger partial charge in [0.1, 0.15) is 11.8 Å². The van der Waals surface area contributed by atoms with Crippen LogP contribution in [-0.4, -0.2) is 17.0 Å². The molecule has 0 saturated heterocycles. The lowest BCUT2D eigenvalue weighted by molar-refractivity contribution is 0.865. The number of nitrogen functional groups attached to an aromatic ring is 1. The lowest BCUT2D eigenvalue weighted by atomic mass is 10.2. The zero-order valence-electron chi connectivity index (χ0n) is 10.0. The van der Waals surface area contributed by atoms with Gasteiger partial charge in [-0.05, 0) is 17.7 Å². The Morgan fingerprint density at radius 1 is 1.33 bits per heavy atom. The van der Waals surface area contributed by atoms with Crippen molar-refractivity contribution in [1.29, 1.82) is 5.26 Å². The minimum atomic E-state index is 0.355. The van der Waals surface area contributed by atoms with Crippen molar-refractivity contribution in [3.05, 3.63) is 47.8 Å². The van der Waals surface area contributed by atoms with Gasteiger partial charge >= 0.3 is 0 Å². The summed E-state index contributed by atoms with van der Waals surface area (Å²) in [7, 11) is 1.86. The van der Waals surface area contributed by atoms with E-state index in [0.717, 1.165) is 11.3 Å². The van der Waals surface area contributed by atoms with Crippen LogP contribution in [0.15, 0.2) is 36.5 Å². The number of anilines is 2. The maximum atomic E-state index is 8.80. The highest BCUT2D eigenvalue weighted by Crippen LogP contribution is 2.15. The summed E-state index contributed by atoms with van der Waals surface area (Å²) in [6, 6.07) is 11.2. The van der Waals surface area contributed by atoms with E-state index in [1.165, 1.54) is 0 Å². The Labute approximate surface area is 106 Å². The first kappa shape index (κ1) is 11.9. The molecule has 2 aromatic rings. The number of para-hydroxylation sites is 1. The summed E-state index contributed by atoms with van der Waals surface area (Å²) in [5.74, 6) is 0.511. The standard InChI is InChI=1S/C13H13N5/c1-18(9-10-4-2-3-5-12(10)15)13-16-7-6-11(8-14)17-13/h2-7H,9,15H2,1H3. The van der Waals surface area contributed by atoms with Gasteiger partial charge in [-0.1, -0.05) is 18.2 Å². The molecule has 0 fully saturated rings. The van der Waals surface area contributed by atoms with Gasteiger partial charge in [-0.15, -0.1) is 0 Å². The Hall–Kier alpha value is -2.61. The Kier molecular flexibility index (Phi) is 3.39. The third-order valence-electron chi connectivity index (χ3n) is 2.56. The van der Waals surface area contributed by atoms with E-state index >= 15 is 0 Å². The van der Waals surface area contributed by atoms with Gasteiger partial charge in [0.05, 0.1) is 0 Å². The Bertz CT molecular complexity index is 588. The smallest absolute Gasteiger partial charge is 0.226 e. The molecule has 1 aromatic carbocycles. The first-order chi connectivity index (χ1) is 8.70. The molecular weight excluding hydrogens is 226 g/mol. The third kappa shape index (κ3) is 2.55. The largest absolute Gasteiger partial charge is 0.398 e. The lowest BCUT2D eigenvalue weighted by Gasteiger charge is -2.17. The van der Waals surface area contributed by atoms with Gasteiger partial charge in [-0.2, -0.15) is 5.26 Å². The van der Waals surface area contributed by atoms with E-state index in [-0.39, 0.29) is 0 Å². The van der Waals surface area contributed by atoms with Crippen LogP contribution < -0.4 is 10.6 Å². The van der Waals surface area contributed by atoms with Crippen LogP contribution in [0.3, 0.4) is 0 Å². The van der Waals surface area contributed by atoms with Gasteiger partial charge in [-0.25, -0.2) is 9.97 Å². The molecule has 18 heavy (non-hydrogen) atoms. The molecule has 90 valence electrons. The quantitative estimate of drug-likeness (QED) is 0.822. The van der Waals surface area contributed by atoms with Crippen LogP contribution in [0.1, 0.15) is 11.3 Å². The molecule has 0 unspecified atom stereocenters. The number of nitrogens with two attached hydrogens (primary N) is 1. The van der Waals surface area contributed by atoms with Gasteiger partial charge in [0.15, 0.2) is 0 Å². The predicted molar refractivity (Wildman–Crippen MR) is 69.7 cm³/mol. The van der Waals surface area contributed by atoms with Gasteiger partial charge in [0, 0.05) is 25.5 Å². The normalized spacial score (nSPS) is 9.78. The molecule has 0 radical (unpaired) electrons. The average molecular weight is 239 g/mol.